The first-order valence-electron chi connectivity index (χ1n) is 10.5. The minimum atomic E-state index is -1.14. The Morgan fingerprint density at radius 1 is 1.20 bits per heavy atom. The highest BCUT2D eigenvalue weighted by atomic mass is 32.2. The zero-order chi connectivity index (χ0) is 21.8. The number of carbonyl (C=O) groups is 1. The Kier molecular flexibility index (Phi) is 10.4. The molecule has 1 aromatic rings. The molecule has 0 spiro atoms. The van der Waals surface area contributed by atoms with Crippen LogP contribution in [0, 0.1) is 0 Å². The zero-order valence-corrected chi connectivity index (χ0v) is 18.5. The Morgan fingerprint density at radius 3 is 2.53 bits per heavy atom. The highest BCUT2D eigenvalue weighted by Gasteiger charge is 2.38. The number of thioether (sulfide) groups is 1. The summed E-state index contributed by atoms with van der Waals surface area (Å²) in [6.07, 6.45) is 4.06. The second-order valence-corrected chi connectivity index (χ2v) is 8.48. The van der Waals surface area contributed by atoms with E-state index in [1.807, 2.05) is 0 Å². The number of benzene rings is 1. The van der Waals surface area contributed by atoms with Crippen LogP contribution in [0.25, 0.3) is 0 Å². The van der Waals surface area contributed by atoms with Gasteiger partial charge in [-0.15, -0.1) is 11.8 Å². The van der Waals surface area contributed by atoms with E-state index >= 15 is 0 Å². The molecule has 1 aliphatic heterocycles. The first kappa shape index (κ1) is 24.5. The molecule has 6 N–H and O–H groups in total. The van der Waals surface area contributed by atoms with Crippen LogP contribution in [0.1, 0.15) is 38.2 Å². The van der Waals surface area contributed by atoms with Gasteiger partial charge in [-0.25, -0.2) is 4.79 Å². The molecule has 1 aromatic carbocycles. The second-order valence-electron chi connectivity index (χ2n) is 7.51. The van der Waals surface area contributed by atoms with Gasteiger partial charge >= 0.3 is 5.97 Å². The van der Waals surface area contributed by atoms with Gasteiger partial charge < -0.3 is 31.3 Å². The number of phenolic OH excluding ortho intramolecular Hbond substituents is 1. The van der Waals surface area contributed by atoms with Crippen molar-refractivity contribution in [2.24, 2.45) is 10.7 Å². The fraction of sp³-hybridized carbons (Fsp3) is 0.619. The van der Waals surface area contributed by atoms with Crippen molar-refractivity contribution in [3.63, 3.8) is 0 Å². The monoisotopic (exact) mass is 438 g/mol. The maximum atomic E-state index is 11.3. The summed E-state index contributed by atoms with van der Waals surface area (Å²) in [4.78, 5) is 15.6. The Hall–Kier alpha value is -1.81. The number of unbranched alkanes of at least 4 members (excludes halogenated alkanes) is 1. The third kappa shape index (κ3) is 7.79. The van der Waals surface area contributed by atoms with Gasteiger partial charge in [0, 0.05) is 17.4 Å². The molecule has 0 saturated heterocycles. The molecule has 0 bridgehead atoms. The van der Waals surface area contributed by atoms with E-state index in [-0.39, 0.29) is 5.75 Å². The summed E-state index contributed by atoms with van der Waals surface area (Å²) in [7, 11) is 0. The summed E-state index contributed by atoms with van der Waals surface area (Å²) in [5.74, 6) is 0.0411. The van der Waals surface area contributed by atoms with Gasteiger partial charge in [-0.05, 0) is 77.5 Å². The molecule has 1 aliphatic rings. The number of hydrogen-bond donors (Lipinski definition) is 5. The van der Waals surface area contributed by atoms with Crippen LogP contribution in [-0.4, -0.2) is 71.8 Å². The van der Waals surface area contributed by atoms with Crippen molar-refractivity contribution >= 4 is 22.8 Å². The topological polar surface area (TPSA) is 129 Å². The number of aliphatic carboxylic acids is 1. The van der Waals surface area contributed by atoms with Crippen molar-refractivity contribution < 1.29 is 19.7 Å². The molecule has 0 saturated carbocycles. The van der Waals surface area contributed by atoms with Crippen molar-refractivity contribution in [3.8, 4) is 11.5 Å². The SMILES string of the molecule is CC1(C(=O)O)CSC(c2ccc(OCCCCNCCCNCCCN)cc2O)=N1. The number of nitrogens with one attached hydrogen (secondary N) is 2. The number of rotatable bonds is 15. The molecule has 1 atom stereocenters. The van der Waals surface area contributed by atoms with E-state index in [1.165, 1.54) is 11.8 Å². The Labute approximate surface area is 182 Å². The van der Waals surface area contributed by atoms with Crippen LogP contribution >= 0.6 is 11.8 Å². The number of aliphatic imine (C=N–C) groups is 1. The molecule has 8 nitrogen and oxygen atoms in total. The molecule has 9 heteroatoms. The number of phenols is 1. The predicted octanol–water partition coefficient (Wildman–Crippen LogP) is 1.81. The van der Waals surface area contributed by atoms with E-state index in [1.54, 1.807) is 25.1 Å². The molecule has 30 heavy (non-hydrogen) atoms. The number of hydrogen-bond acceptors (Lipinski definition) is 8. The Bertz CT molecular complexity index is 716. The van der Waals surface area contributed by atoms with Crippen molar-refractivity contribution in [2.75, 3.05) is 45.1 Å². The zero-order valence-electron chi connectivity index (χ0n) is 17.7. The van der Waals surface area contributed by atoms with Gasteiger partial charge in [-0.1, -0.05) is 0 Å². The minimum Gasteiger partial charge on any atom is -0.507 e. The smallest absolute Gasteiger partial charge is 0.332 e. The standard InChI is InChI=1S/C21H34N4O4S/c1-21(20(27)28)15-30-19(25-21)17-7-6-16(14-18(17)26)29-13-3-2-9-23-11-5-12-24-10-4-8-22/h6-7,14,23-24,26H,2-5,8-13,15,22H2,1H3,(H,27,28). The number of aromatic hydroxyl groups is 1. The van der Waals surface area contributed by atoms with E-state index in [0.29, 0.717) is 28.7 Å². The first-order chi connectivity index (χ1) is 14.5. The molecular formula is C21H34N4O4S. The maximum Gasteiger partial charge on any atom is 0.332 e. The molecule has 0 aromatic heterocycles. The summed E-state index contributed by atoms with van der Waals surface area (Å²) in [5, 5.41) is 26.9. The van der Waals surface area contributed by atoms with Crippen LogP contribution in [-0.2, 0) is 4.79 Å². The summed E-state index contributed by atoms with van der Waals surface area (Å²) in [6.45, 7) is 6.84. The van der Waals surface area contributed by atoms with E-state index in [9.17, 15) is 15.0 Å². The van der Waals surface area contributed by atoms with Crippen molar-refractivity contribution in [1.82, 2.24) is 10.6 Å². The molecule has 1 heterocycles. The number of nitrogens with two attached hydrogens (primary N) is 1. The maximum absolute atomic E-state index is 11.3. The van der Waals surface area contributed by atoms with Crippen LogP contribution in [0.3, 0.4) is 0 Å². The average molecular weight is 439 g/mol. The molecule has 1 unspecified atom stereocenters. The third-order valence-corrected chi connectivity index (χ3v) is 6.07. The lowest BCUT2D eigenvalue weighted by atomic mass is 10.1. The Balaban J connectivity index is 1.62. The van der Waals surface area contributed by atoms with E-state index in [2.05, 4.69) is 15.6 Å². The summed E-state index contributed by atoms with van der Waals surface area (Å²) in [6, 6.07) is 5.07. The fourth-order valence-electron chi connectivity index (χ4n) is 2.88. The molecular weight excluding hydrogens is 404 g/mol. The number of ether oxygens (including phenoxy) is 1. The highest BCUT2D eigenvalue weighted by molar-refractivity contribution is 8.14. The average Bonchev–Trinajstić information content (AvgIpc) is 3.12. The summed E-state index contributed by atoms with van der Waals surface area (Å²) < 4.78 is 5.72. The van der Waals surface area contributed by atoms with Gasteiger partial charge in [-0.2, -0.15) is 0 Å². The van der Waals surface area contributed by atoms with E-state index in [0.717, 1.165) is 58.4 Å². The number of nitrogens with zero attached hydrogens (tertiary/aromatic N) is 1. The third-order valence-electron chi connectivity index (χ3n) is 4.78. The lowest BCUT2D eigenvalue weighted by Crippen LogP contribution is -2.33. The first-order valence-corrected chi connectivity index (χ1v) is 11.5. The van der Waals surface area contributed by atoms with Crippen LogP contribution in [0.2, 0.25) is 0 Å². The molecule has 0 aliphatic carbocycles. The summed E-state index contributed by atoms with van der Waals surface area (Å²) in [5.41, 5.74) is 4.84. The number of carboxylic acid groups (broad SMARTS) is 1. The highest BCUT2D eigenvalue weighted by Crippen LogP contribution is 2.35. The van der Waals surface area contributed by atoms with Gasteiger partial charge in [0.25, 0.3) is 0 Å². The lowest BCUT2D eigenvalue weighted by molar-refractivity contribution is -0.141. The molecule has 168 valence electrons. The van der Waals surface area contributed by atoms with Gasteiger partial charge in [0.2, 0.25) is 0 Å². The second kappa shape index (κ2) is 12.8. The largest absolute Gasteiger partial charge is 0.507 e. The predicted molar refractivity (Wildman–Crippen MR) is 122 cm³/mol. The lowest BCUT2D eigenvalue weighted by Gasteiger charge is -2.12. The van der Waals surface area contributed by atoms with Crippen molar-refractivity contribution in [2.45, 2.75) is 38.1 Å². The van der Waals surface area contributed by atoms with Gasteiger partial charge in [0.15, 0.2) is 5.54 Å². The normalized spacial score (nSPS) is 18.4. The van der Waals surface area contributed by atoms with Gasteiger partial charge in [-0.3, -0.25) is 4.99 Å². The number of carboxylic acids is 1. The molecule has 0 amide bonds. The molecule has 0 radical (unpaired) electrons. The van der Waals surface area contributed by atoms with Crippen molar-refractivity contribution in [1.29, 1.82) is 0 Å². The fourth-order valence-corrected chi connectivity index (χ4v) is 4.08. The van der Waals surface area contributed by atoms with Gasteiger partial charge in [0.05, 0.1) is 6.61 Å². The Morgan fingerprint density at radius 2 is 1.90 bits per heavy atom. The minimum absolute atomic E-state index is 0.0510. The summed E-state index contributed by atoms with van der Waals surface area (Å²) >= 11 is 1.34. The van der Waals surface area contributed by atoms with E-state index < -0.39 is 11.5 Å². The van der Waals surface area contributed by atoms with Crippen molar-refractivity contribution in [3.05, 3.63) is 23.8 Å². The quantitative estimate of drug-likeness (QED) is 0.262. The van der Waals surface area contributed by atoms with Crippen LogP contribution in [0.4, 0.5) is 0 Å². The van der Waals surface area contributed by atoms with E-state index in [4.69, 9.17) is 10.5 Å². The van der Waals surface area contributed by atoms with Crippen LogP contribution in [0.15, 0.2) is 23.2 Å². The van der Waals surface area contributed by atoms with Crippen LogP contribution < -0.4 is 21.1 Å². The molecule has 0 fully saturated rings. The van der Waals surface area contributed by atoms with Gasteiger partial charge in [0.1, 0.15) is 16.5 Å². The van der Waals surface area contributed by atoms with Crippen LogP contribution in [0.5, 0.6) is 11.5 Å². The molecule has 2 rings (SSSR count).